The van der Waals surface area contributed by atoms with Gasteiger partial charge in [-0.25, -0.2) is 8.78 Å². The van der Waals surface area contributed by atoms with Crippen LogP contribution < -0.4 is 11.1 Å². The molecule has 2 rings (SSSR count). The largest absolute Gasteiger partial charge is 0.455 e. The van der Waals surface area contributed by atoms with E-state index >= 15 is 0 Å². The van der Waals surface area contributed by atoms with Gasteiger partial charge in [-0.3, -0.25) is 4.79 Å². The first-order valence-corrected chi connectivity index (χ1v) is 5.61. The van der Waals surface area contributed by atoms with Crippen LogP contribution >= 0.6 is 0 Å². The Morgan fingerprint density at radius 2 is 2.05 bits per heavy atom. The van der Waals surface area contributed by atoms with Gasteiger partial charge in [0.15, 0.2) is 5.76 Å². The molecule has 6 heteroatoms. The molecule has 2 aromatic rings. The molecule has 0 fully saturated rings. The number of carbonyl (C=O) groups is 1. The van der Waals surface area contributed by atoms with Crippen molar-refractivity contribution in [2.24, 2.45) is 5.73 Å². The summed E-state index contributed by atoms with van der Waals surface area (Å²) >= 11 is 0. The average molecular weight is 266 g/mol. The molecule has 19 heavy (non-hydrogen) atoms. The van der Waals surface area contributed by atoms with Crippen LogP contribution in [0.3, 0.4) is 0 Å². The summed E-state index contributed by atoms with van der Waals surface area (Å²) in [6.45, 7) is 0.142. The van der Waals surface area contributed by atoms with Crippen molar-refractivity contribution in [1.82, 2.24) is 5.32 Å². The van der Waals surface area contributed by atoms with E-state index in [1.165, 1.54) is 12.1 Å². The van der Waals surface area contributed by atoms with Gasteiger partial charge in [-0.2, -0.15) is 0 Å². The second kappa shape index (κ2) is 5.62. The molecule has 1 amide bonds. The number of carbonyl (C=O) groups excluding carboxylic acids is 1. The van der Waals surface area contributed by atoms with Crippen molar-refractivity contribution >= 4 is 5.91 Å². The standard InChI is InChI=1S/C13H12F2N2O2/c14-9-2-1-8(11(15)5-9)7-17-13(18)12-4-3-10(6-16)19-12/h1-5H,6-7,16H2,(H,17,18). The highest BCUT2D eigenvalue weighted by Crippen LogP contribution is 2.10. The van der Waals surface area contributed by atoms with E-state index in [9.17, 15) is 13.6 Å². The lowest BCUT2D eigenvalue weighted by molar-refractivity contribution is 0.0921. The van der Waals surface area contributed by atoms with E-state index in [1.54, 1.807) is 6.07 Å². The topological polar surface area (TPSA) is 68.3 Å². The third-order valence-electron chi connectivity index (χ3n) is 2.54. The van der Waals surface area contributed by atoms with E-state index < -0.39 is 17.5 Å². The lowest BCUT2D eigenvalue weighted by atomic mass is 10.2. The van der Waals surface area contributed by atoms with Crippen LogP contribution in [-0.4, -0.2) is 5.91 Å². The SMILES string of the molecule is NCc1ccc(C(=O)NCc2ccc(F)cc2F)o1. The maximum Gasteiger partial charge on any atom is 0.287 e. The summed E-state index contributed by atoms with van der Waals surface area (Å²) in [5.74, 6) is -1.27. The number of nitrogens with one attached hydrogen (secondary N) is 1. The molecule has 0 radical (unpaired) electrons. The van der Waals surface area contributed by atoms with E-state index in [0.29, 0.717) is 5.76 Å². The third kappa shape index (κ3) is 3.17. The van der Waals surface area contributed by atoms with Crippen molar-refractivity contribution in [2.45, 2.75) is 13.1 Å². The van der Waals surface area contributed by atoms with Crippen LogP contribution in [0, 0.1) is 11.6 Å². The van der Waals surface area contributed by atoms with Gasteiger partial charge in [-0.15, -0.1) is 0 Å². The van der Waals surface area contributed by atoms with Gasteiger partial charge in [0, 0.05) is 18.2 Å². The van der Waals surface area contributed by atoms with Crippen LogP contribution in [0.5, 0.6) is 0 Å². The first-order chi connectivity index (χ1) is 9.10. The quantitative estimate of drug-likeness (QED) is 0.888. The highest BCUT2D eigenvalue weighted by atomic mass is 19.1. The zero-order valence-corrected chi connectivity index (χ0v) is 9.95. The molecule has 0 atom stereocenters. The first-order valence-electron chi connectivity index (χ1n) is 5.61. The number of amides is 1. The van der Waals surface area contributed by atoms with E-state index in [-0.39, 0.29) is 24.4 Å². The average Bonchev–Trinajstić information content (AvgIpc) is 2.86. The second-order valence-corrected chi connectivity index (χ2v) is 3.89. The Kier molecular flexibility index (Phi) is 3.91. The number of nitrogens with two attached hydrogens (primary N) is 1. The summed E-state index contributed by atoms with van der Waals surface area (Å²) in [4.78, 5) is 11.7. The third-order valence-corrected chi connectivity index (χ3v) is 2.54. The monoisotopic (exact) mass is 266 g/mol. The van der Waals surface area contributed by atoms with Crippen LogP contribution in [0.15, 0.2) is 34.7 Å². The van der Waals surface area contributed by atoms with Crippen molar-refractivity contribution in [1.29, 1.82) is 0 Å². The normalized spacial score (nSPS) is 10.5. The zero-order chi connectivity index (χ0) is 13.8. The first kappa shape index (κ1) is 13.2. The number of furan rings is 1. The van der Waals surface area contributed by atoms with Crippen molar-refractivity contribution in [3.63, 3.8) is 0 Å². The van der Waals surface area contributed by atoms with Gasteiger partial charge in [0.05, 0.1) is 6.54 Å². The Balaban J connectivity index is 2.00. The van der Waals surface area contributed by atoms with Gasteiger partial charge < -0.3 is 15.5 Å². The van der Waals surface area contributed by atoms with Crippen molar-refractivity contribution in [2.75, 3.05) is 0 Å². The van der Waals surface area contributed by atoms with Gasteiger partial charge in [0.1, 0.15) is 17.4 Å². The smallest absolute Gasteiger partial charge is 0.287 e. The Bertz CT molecular complexity index is 596. The Morgan fingerprint density at radius 1 is 1.26 bits per heavy atom. The molecule has 1 aromatic carbocycles. The number of benzene rings is 1. The summed E-state index contributed by atoms with van der Waals surface area (Å²) in [5, 5.41) is 2.48. The summed E-state index contributed by atoms with van der Waals surface area (Å²) in [5.41, 5.74) is 5.55. The molecule has 0 aliphatic heterocycles. The maximum atomic E-state index is 13.3. The van der Waals surface area contributed by atoms with Gasteiger partial charge in [-0.1, -0.05) is 6.07 Å². The fraction of sp³-hybridized carbons (Fsp3) is 0.154. The molecule has 0 bridgehead atoms. The van der Waals surface area contributed by atoms with Crippen molar-refractivity contribution < 1.29 is 18.0 Å². The molecule has 0 unspecified atom stereocenters. The lowest BCUT2D eigenvalue weighted by Gasteiger charge is -2.04. The molecule has 0 spiro atoms. The van der Waals surface area contributed by atoms with Crippen molar-refractivity contribution in [3.05, 3.63) is 59.1 Å². The van der Waals surface area contributed by atoms with Crippen LogP contribution in [0.2, 0.25) is 0 Å². The number of halogens is 2. The highest BCUT2D eigenvalue weighted by Gasteiger charge is 2.11. The van der Waals surface area contributed by atoms with Gasteiger partial charge in [-0.05, 0) is 18.2 Å². The molecule has 0 aliphatic carbocycles. The summed E-state index contributed by atoms with van der Waals surface area (Å²) in [6, 6.07) is 6.25. The number of rotatable bonds is 4. The Labute approximate surface area is 108 Å². The highest BCUT2D eigenvalue weighted by molar-refractivity contribution is 5.91. The lowest BCUT2D eigenvalue weighted by Crippen LogP contribution is -2.22. The molecule has 0 saturated carbocycles. The molecule has 1 heterocycles. The molecular weight excluding hydrogens is 254 g/mol. The zero-order valence-electron chi connectivity index (χ0n) is 9.95. The number of hydrogen-bond acceptors (Lipinski definition) is 3. The van der Waals surface area contributed by atoms with Crippen LogP contribution in [0.1, 0.15) is 21.9 Å². The van der Waals surface area contributed by atoms with Crippen LogP contribution in [0.25, 0.3) is 0 Å². The fourth-order valence-electron chi connectivity index (χ4n) is 1.54. The minimum Gasteiger partial charge on any atom is -0.455 e. The van der Waals surface area contributed by atoms with Gasteiger partial charge in [0.2, 0.25) is 0 Å². The molecular formula is C13H12F2N2O2. The fourth-order valence-corrected chi connectivity index (χ4v) is 1.54. The molecule has 100 valence electrons. The van der Waals surface area contributed by atoms with Gasteiger partial charge >= 0.3 is 0 Å². The van der Waals surface area contributed by atoms with E-state index in [0.717, 1.165) is 12.1 Å². The molecule has 0 saturated heterocycles. The summed E-state index contributed by atoms with van der Waals surface area (Å²) in [6.07, 6.45) is 0. The predicted molar refractivity (Wildman–Crippen MR) is 64.1 cm³/mol. The predicted octanol–water partition coefficient (Wildman–Crippen LogP) is 1.95. The van der Waals surface area contributed by atoms with E-state index in [2.05, 4.69) is 5.32 Å². The Hall–Kier alpha value is -2.21. The molecule has 0 aliphatic rings. The second-order valence-electron chi connectivity index (χ2n) is 3.89. The van der Waals surface area contributed by atoms with Crippen LogP contribution in [0.4, 0.5) is 8.78 Å². The minimum atomic E-state index is -0.706. The van der Waals surface area contributed by atoms with E-state index in [1.807, 2.05) is 0 Å². The summed E-state index contributed by atoms with van der Waals surface area (Å²) in [7, 11) is 0. The Morgan fingerprint density at radius 3 is 2.68 bits per heavy atom. The van der Waals surface area contributed by atoms with Crippen molar-refractivity contribution in [3.8, 4) is 0 Å². The number of hydrogen-bond donors (Lipinski definition) is 2. The molecule has 1 aromatic heterocycles. The molecule has 3 N–H and O–H groups in total. The van der Waals surface area contributed by atoms with Crippen LogP contribution in [-0.2, 0) is 13.1 Å². The maximum absolute atomic E-state index is 13.3. The van der Waals surface area contributed by atoms with Gasteiger partial charge in [0.25, 0.3) is 5.91 Å². The van der Waals surface area contributed by atoms with E-state index in [4.69, 9.17) is 10.2 Å². The molecule has 4 nitrogen and oxygen atoms in total. The summed E-state index contributed by atoms with van der Waals surface area (Å²) < 4.78 is 31.2. The minimum absolute atomic E-state index is 0.0520.